The summed E-state index contributed by atoms with van der Waals surface area (Å²) in [5, 5.41) is 11.9. The minimum Gasteiger partial charge on any atom is -0.416 e. The van der Waals surface area contributed by atoms with Crippen LogP contribution in [0.25, 0.3) is 0 Å². The van der Waals surface area contributed by atoms with Crippen LogP contribution in [0.2, 0.25) is 5.02 Å². The summed E-state index contributed by atoms with van der Waals surface area (Å²) < 4.78 is 28.8. The van der Waals surface area contributed by atoms with Gasteiger partial charge < -0.3 is 9.73 Å². The van der Waals surface area contributed by atoms with Crippen molar-refractivity contribution in [3.05, 3.63) is 76.6 Å². The number of benzene rings is 2. The molecule has 0 saturated carbocycles. The zero-order valence-corrected chi connectivity index (χ0v) is 19.5. The summed E-state index contributed by atoms with van der Waals surface area (Å²) in [5.41, 5.74) is 1.88. The van der Waals surface area contributed by atoms with E-state index in [2.05, 4.69) is 15.5 Å². The van der Waals surface area contributed by atoms with Crippen LogP contribution in [0.5, 0.6) is 0 Å². The number of carbonyl (C=O) groups is 1. The molecule has 1 saturated heterocycles. The Bertz CT molecular complexity index is 1170. The highest BCUT2D eigenvalue weighted by Gasteiger charge is 2.29. The van der Waals surface area contributed by atoms with Crippen molar-refractivity contribution in [2.45, 2.75) is 24.1 Å². The average Bonchev–Trinajstić information content (AvgIpc) is 3.37. The summed E-state index contributed by atoms with van der Waals surface area (Å²) in [6, 6.07) is 16.7. The summed E-state index contributed by atoms with van der Waals surface area (Å²) in [6.07, 6.45) is 1.05. The van der Waals surface area contributed by atoms with Gasteiger partial charge in [0.2, 0.25) is 11.8 Å². The van der Waals surface area contributed by atoms with Gasteiger partial charge in [-0.25, -0.2) is 8.42 Å². The summed E-state index contributed by atoms with van der Waals surface area (Å²) in [4.78, 5) is 12.7. The molecular weight excluding hydrogens is 470 g/mol. The van der Waals surface area contributed by atoms with Gasteiger partial charge in [-0.05, 0) is 35.6 Å². The predicted molar refractivity (Wildman–Crippen MR) is 123 cm³/mol. The van der Waals surface area contributed by atoms with Crippen molar-refractivity contribution in [1.82, 2.24) is 15.5 Å². The Labute approximate surface area is 195 Å². The number of halogens is 1. The highest BCUT2D eigenvalue weighted by molar-refractivity contribution is 7.99. The van der Waals surface area contributed by atoms with E-state index in [-0.39, 0.29) is 35.1 Å². The fourth-order valence-corrected chi connectivity index (χ4v) is 6.23. The first-order valence-corrected chi connectivity index (χ1v) is 13.3. The molecule has 0 radical (unpaired) electrons. The Balaban J connectivity index is 1.36. The lowest BCUT2D eigenvalue weighted by atomic mass is 9.99. The molecule has 3 aromatic rings. The van der Waals surface area contributed by atoms with E-state index in [1.54, 1.807) is 12.1 Å². The number of sulfone groups is 1. The molecule has 0 bridgehead atoms. The molecule has 10 heteroatoms. The topological polar surface area (TPSA) is 102 Å². The van der Waals surface area contributed by atoms with Gasteiger partial charge in [0.05, 0.1) is 23.3 Å². The van der Waals surface area contributed by atoms with Gasteiger partial charge in [-0.1, -0.05) is 65.8 Å². The van der Waals surface area contributed by atoms with E-state index in [0.717, 1.165) is 22.9 Å². The van der Waals surface area contributed by atoms with Crippen molar-refractivity contribution in [2.75, 3.05) is 17.3 Å². The number of nitrogens with one attached hydrogen (secondary N) is 1. The van der Waals surface area contributed by atoms with Crippen molar-refractivity contribution in [1.29, 1.82) is 0 Å². The van der Waals surface area contributed by atoms with E-state index in [1.807, 2.05) is 42.5 Å². The van der Waals surface area contributed by atoms with E-state index in [1.165, 1.54) is 0 Å². The van der Waals surface area contributed by atoms with E-state index in [4.69, 9.17) is 16.0 Å². The van der Waals surface area contributed by atoms with Gasteiger partial charge in [0, 0.05) is 11.4 Å². The fraction of sp³-hybridized carbons (Fsp3) is 0.318. The monoisotopic (exact) mass is 491 g/mol. The van der Waals surface area contributed by atoms with E-state index < -0.39 is 9.84 Å². The molecule has 1 N–H and O–H groups in total. The molecule has 7 nitrogen and oxygen atoms in total. The SMILES string of the molecule is O=C(CSc1nnc(C[C@H]2CCS(=O)(=O)C2)o1)N[C@@H](c1ccccc1)c1ccc(Cl)cc1. The third kappa shape index (κ3) is 6.11. The van der Waals surface area contributed by atoms with Crippen LogP contribution in [0.1, 0.15) is 29.5 Å². The van der Waals surface area contributed by atoms with Crippen LogP contribution in [-0.2, 0) is 21.1 Å². The number of nitrogens with zero attached hydrogens (tertiary/aromatic N) is 2. The second-order valence-corrected chi connectivity index (χ2v) is 11.3. The molecule has 4 rings (SSSR count). The smallest absolute Gasteiger partial charge is 0.277 e. The molecule has 168 valence electrons. The molecule has 1 amide bonds. The third-order valence-corrected chi connectivity index (χ3v) is 8.11. The summed E-state index contributed by atoms with van der Waals surface area (Å²) in [5.74, 6) is 0.706. The van der Waals surface area contributed by atoms with Crippen LogP contribution in [0.15, 0.2) is 64.2 Å². The number of amides is 1. The Morgan fingerprint density at radius 3 is 2.53 bits per heavy atom. The summed E-state index contributed by atoms with van der Waals surface area (Å²) >= 11 is 7.16. The Hall–Kier alpha value is -2.36. The number of rotatable bonds is 8. The highest BCUT2D eigenvalue weighted by Crippen LogP contribution is 2.26. The quantitative estimate of drug-likeness (QED) is 0.479. The van der Waals surface area contributed by atoms with Crippen LogP contribution in [-0.4, -0.2) is 41.8 Å². The lowest BCUT2D eigenvalue weighted by molar-refractivity contribution is -0.119. The van der Waals surface area contributed by atoms with Gasteiger partial charge in [-0.3, -0.25) is 4.79 Å². The number of hydrogen-bond donors (Lipinski definition) is 1. The minimum atomic E-state index is -2.95. The number of thioether (sulfide) groups is 1. The second kappa shape index (κ2) is 10.1. The average molecular weight is 492 g/mol. The van der Waals surface area contributed by atoms with E-state index >= 15 is 0 Å². The molecule has 0 spiro atoms. The molecule has 0 aliphatic carbocycles. The molecule has 2 heterocycles. The van der Waals surface area contributed by atoms with Gasteiger partial charge in [0.15, 0.2) is 9.84 Å². The second-order valence-electron chi connectivity index (χ2n) is 7.69. The van der Waals surface area contributed by atoms with E-state index in [9.17, 15) is 13.2 Å². The van der Waals surface area contributed by atoms with Gasteiger partial charge in [-0.2, -0.15) is 0 Å². The number of aromatic nitrogens is 2. The van der Waals surface area contributed by atoms with Gasteiger partial charge in [-0.15, -0.1) is 10.2 Å². The van der Waals surface area contributed by atoms with Crippen LogP contribution >= 0.6 is 23.4 Å². The number of carbonyl (C=O) groups excluding carboxylic acids is 1. The van der Waals surface area contributed by atoms with Crippen molar-refractivity contribution in [3.63, 3.8) is 0 Å². The zero-order chi connectivity index (χ0) is 22.6. The number of hydrogen-bond acceptors (Lipinski definition) is 7. The standard InChI is InChI=1S/C22H22ClN3O4S2/c23-18-8-6-17(7-9-18)21(16-4-2-1-3-5-16)24-19(27)13-31-22-26-25-20(30-22)12-15-10-11-32(28,29)14-15/h1-9,15,21H,10-14H2,(H,24,27)/t15-,21+/m1/s1. The maximum absolute atomic E-state index is 12.7. The normalized spacial score (nSPS) is 18.3. The molecule has 1 aliphatic heterocycles. The van der Waals surface area contributed by atoms with Crippen LogP contribution < -0.4 is 5.32 Å². The third-order valence-electron chi connectivity index (χ3n) is 5.21. The molecular formula is C22H22ClN3O4S2. The largest absolute Gasteiger partial charge is 0.416 e. The van der Waals surface area contributed by atoms with Gasteiger partial charge >= 0.3 is 0 Å². The van der Waals surface area contributed by atoms with Crippen molar-refractivity contribution in [3.8, 4) is 0 Å². The fourth-order valence-electron chi connectivity index (χ4n) is 3.65. The minimum absolute atomic E-state index is 0.00704. The predicted octanol–water partition coefficient (Wildman–Crippen LogP) is 3.70. The molecule has 32 heavy (non-hydrogen) atoms. The molecule has 0 unspecified atom stereocenters. The van der Waals surface area contributed by atoms with Crippen molar-refractivity contribution < 1.29 is 17.6 Å². The summed E-state index contributed by atoms with van der Waals surface area (Å²) in [6.45, 7) is 0. The molecule has 1 aromatic heterocycles. The maximum Gasteiger partial charge on any atom is 0.277 e. The zero-order valence-electron chi connectivity index (χ0n) is 17.1. The van der Waals surface area contributed by atoms with Crippen LogP contribution in [0.3, 0.4) is 0 Å². The van der Waals surface area contributed by atoms with E-state index in [0.29, 0.717) is 29.0 Å². The maximum atomic E-state index is 12.7. The van der Waals surface area contributed by atoms with Crippen molar-refractivity contribution >= 4 is 39.1 Å². The summed E-state index contributed by atoms with van der Waals surface area (Å²) in [7, 11) is -2.95. The highest BCUT2D eigenvalue weighted by atomic mass is 35.5. The first kappa shape index (κ1) is 22.8. The van der Waals surface area contributed by atoms with Gasteiger partial charge in [0.1, 0.15) is 0 Å². The Morgan fingerprint density at radius 1 is 1.12 bits per heavy atom. The lowest BCUT2D eigenvalue weighted by Gasteiger charge is -2.19. The molecule has 2 aromatic carbocycles. The first-order valence-electron chi connectivity index (χ1n) is 10.1. The lowest BCUT2D eigenvalue weighted by Crippen LogP contribution is -2.30. The Morgan fingerprint density at radius 2 is 1.84 bits per heavy atom. The molecule has 1 aliphatic rings. The van der Waals surface area contributed by atoms with Crippen LogP contribution in [0.4, 0.5) is 0 Å². The van der Waals surface area contributed by atoms with Crippen molar-refractivity contribution in [2.24, 2.45) is 5.92 Å². The van der Waals surface area contributed by atoms with Gasteiger partial charge in [0.25, 0.3) is 5.22 Å². The van der Waals surface area contributed by atoms with Crippen LogP contribution in [0, 0.1) is 5.92 Å². The molecule has 1 fully saturated rings. The molecule has 2 atom stereocenters. The Kier molecular flexibility index (Phi) is 7.17. The first-order chi connectivity index (χ1) is 15.4.